The van der Waals surface area contributed by atoms with Gasteiger partial charge in [-0.05, 0) is 12.8 Å². The Hall–Kier alpha value is -0.830. The Bertz CT molecular complexity index is 346. The molecule has 0 spiro atoms. The van der Waals surface area contributed by atoms with Crippen LogP contribution in [0.25, 0.3) is 0 Å². The standard InChI is InChI=1S/C11H17ClN2O/c1-4-6-14-10(9(12)7-13-14)11(15)8(3)5-2/h7-8H,4-6H2,1-3H3. The summed E-state index contributed by atoms with van der Waals surface area (Å²) in [7, 11) is 0. The predicted molar refractivity (Wildman–Crippen MR) is 61.3 cm³/mol. The number of hydrogen-bond donors (Lipinski definition) is 0. The second kappa shape index (κ2) is 5.31. The van der Waals surface area contributed by atoms with E-state index in [1.54, 1.807) is 10.9 Å². The molecule has 1 aromatic heterocycles. The number of aromatic nitrogens is 2. The Morgan fingerprint density at radius 2 is 2.27 bits per heavy atom. The van der Waals surface area contributed by atoms with Crippen molar-refractivity contribution in [1.29, 1.82) is 0 Å². The average molecular weight is 229 g/mol. The largest absolute Gasteiger partial charge is 0.292 e. The van der Waals surface area contributed by atoms with Crippen LogP contribution < -0.4 is 0 Å². The van der Waals surface area contributed by atoms with Gasteiger partial charge in [-0.1, -0.05) is 32.4 Å². The SMILES string of the molecule is CCCn1ncc(Cl)c1C(=O)C(C)CC. The molecule has 0 saturated heterocycles. The van der Waals surface area contributed by atoms with Crippen LogP contribution in [0.4, 0.5) is 0 Å². The molecular weight excluding hydrogens is 212 g/mol. The third kappa shape index (κ3) is 2.59. The minimum atomic E-state index is 0.00908. The number of halogens is 1. The van der Waals surface area contributed by atoms with Crippen molar-refractivity contribution in [2.75, 3.05) is 0 Å². The molecule has 0 fully saturated rings. The number of ketones is 1. The number of carbonyl (C=O) groups is 1. The molecule has 0 radical (unpaired) electrons. The fourth-order valence-corrected chi connectivity index (χ4v) is 1.64. The predicted octanol–water partition coefficient (Wildman–Crippen LogP) is 3.18. The van der Waals surface area contributed by atoms with Gasteiger partial charge in [-0.25, -0.2) is 0 Å². The van der Waals surface area contributed by atoms with E-state index in [-0.39, 0.29) is 11.7 Å². The second-order valence-corrected chi connectivity index (χ2v) is 4.15. The Morgan fingerprint density at radius 1 is 1.60 bits per heavy atom. The van der Waals surface area contributed by atoms with Gasteiger partial charge >= 0.3 is 0 Å². The molecule has 15 heavy (non-hydrogen) atoms. The van der Waals surface area contributed by atoms with E-state index in [9.17, 15) is 4.79 Å². The molecule has 0 amide bonds. The Kier molecular flexibility index (Phi) is 4.33. The highest BCUT2D eigenvalue weighted by Crippen LogP contribution is 2.20. The number of carbonyl (C=O) groups excluding carboxylic acids is 1. The van der Waals surface area contributed by atoms with Crippen molar-refractivity contribution in [1.82, 2.24) is 9.78 Å². The second-order valence-electron chi connectivity index (χ2n) is 3.74. The maximum atomic E-state index is 12.0. The Balaban J connectivity index is 3.00. The molecule has 1 rings (SSSR count). The van der Waals surface area contributed by atoms with Gasteiger partial charge < -0.3 is 0 Å². The summed E-state index contributed by atoms with van der Waals surface area (Å²) in [6, 6.07) is 0. The van der Waals surface area contributed by atoms with Crippen molar-refractivity contribution < 1.29 is 4.79 Å². The van der Waals surface area contributed by atoms with Crippen molar-refractivity contribution in [3.8, 4) is 0 Å². The lowest BCUT2D eigenvalue weighted by Gasteiger charge is -2.10. The molecule has 1 unspecified atom stereocenters. The molecule has 0 aliphatic heterocycles. The molecule has 0 saturated carbocycles. The summed E-state index contributed by atoms with van der Waals surface area (Å²) in [5, 5.41) is 4.57. The molecule has 0 bridgehead atoms. The maximum Gasteiger partial charge on any atom is 0.185 e. The monoisotopic (exact) mass is 228 g/mol. The lowest BCUT2D eigenvalue weighted by molar-refractivity contribution is 0.0916. The van der Waals surface area contributed by atoms with Crippen LogP contribution in [-0.4, -0.2) is 15.6 Å². The van der Waals surface area contributed by atoms with E-state index in [4.69, 9.17) is 11.6 Å². The van der Waals surface area contributed by atoms with E-state index < -0.39 is 0 Å². The summed E-state index contributed by atoms with van der Waals surface area (Å²) in [6.07, 6.45) is 3.32. The highest BCUT2D eigenvalue weighted by molar-refractivity contribution is 6.33. The van der Waals surface area contributed by atoms with E-state index in [1.165, 1.54) is 0 Å². The summed E-state index contributed by atoms with van der Waals surface area (Å²) in [5.41, 5.74) is 0.563. The van der Waals surface area contributed by atoms with Crippen molar-refractivity contribution in [3.63, 3.8) is 0 Å². The summed E-state index contributed by atoms with van der Waals surface area (Å²) in [5.74, 6) is 0.100. The summed E-state index contributed by atoms with van der Waals surface area (Å²) in [6.45, 7) is 6.70. The van der Waals surface area contributed by atoms with Crippen LogP contribution in [0.3, 0.4) is 0 Å². The highest BCUT2D eigenvalue weighted by atomic mass is 35.5. The van der Waals surface area contributed by atoms with Gasteiger partial charge in [0.15, 0.2) is 5.78 Å². The fraction of sp³-hybridized carbons (Fsp3) is 0.636. The van der Waals surface area contributed by atoms with Crippen molar-refractivity contribution in [2.24, 2.45) is 5.92 Å². The van der Waals surface area contributed by atoms with Gasteiger partial charge in [-0.3, -0.25) is 9.48 Å². The van der Waals surface area contributed by atoms with E-state index in [1.807, 2.05) is 20.8 Å². The lowest BCUT2D eigenvalue weighted by atomic mass is 10.0. The minimum Gasteiger partial charge on any atom is -0.292 e. The molecule has 0 N–H and O–H groups in total. The molecule has 1 aromatic rings. The highest BCUT2D eigenvalue weighted by Gasteiger charge is 2.21. The first-order chi connectivity index (χ1) is 7.11. The van der Waals surface area contributed by atoms with E-state index in [0.717, 1.165) is 19.4 Å². The maximum absolute atomic E-state index is 12.0. The minimum absolute atomic E-state index is 0.00908. The molecule has 0 aliphatic rings. The number of Topliss-reactive ketones (excluding diaryl/α,β-unsaturated/α-hetero) is 1. The first-order valence-electron chi connectivity index (χ1n) is 5.37. The van der Waals surface area contributed by atoms with Gasteiger partial charge in [-0.15, -0.1) is 0 Å². The van der Waals surface area contributed by atoms with Crippen LogP contribution in [0.15, 0.2) is 6.20 Å². The smallest absolute Gasteiger partial charge is 0.185 e. The Morgan fingerprint density at radius 3 is 2.80 bits per heavy atom. The molecule has 0 aromatic carbocycles. The average Bonchev–Trinajstić information content (AvgIpc) is 2.58. The summed E-state index contributed by atoms with van der Waals surface area (Å²) in [4.78, 5) is 12.0. The van der Waals surface area contributed by atoms with Crippen LogP contribution in [0.2, 0.25) is 5.02 Å². The molecule has 0 aliphatic carbocycles. The molecule has 1 atom stereocenters. The topological polar surface area (TPSA) is 34.9 Å². The van der Waals surface area contributed by atoms with Gasteiger partial charge in [0.1, 0.15) is 5.69 Å². The third-order valence-corrected chi connectivity index (χ3v) is 2.80. The molecule has 3 nitrogen and oxygen atoms in total. The van der Waals surface area contributed by atoms with E-state index in [0.29, 0.717) is 10.7 Å². The quantitative estimate of drug-likeness (QED) is 0.726. The summed E-state index contributed by atoms with van der Waals surface area (Å²) < 4.78 is 1.71. The van der Waals surface area contributed by atoms with Gasteiger partial charge in [0.2, 0.25) is 0 Å². The molecule has 84 valence electrons. The van der Waals surface area contributed by atoms with Gasteiger partial charge in [0, 0.05) is 12.5 Å². The van der Waals surface area contributed by atoms with Crippen molar-refractivity contribution in [2.45, 2.75) is 40.2 Å². The van der Waals surface area contributed by atoms with Gasteiger partial charge in [-0.2, -0.15) is 5.10 Å². The zero-order chi connectivity index (χ0) is 11.4. The number of nitrogens with zero attached hydrogens (tertiary/aromatic N) is 2. The van der Waals surface area contributed by atoms with Crippen LogP contribution in [-0.2, 0) is 6.54 Å². The number of rotatable bonds is 5. The van der Waals surface area contributed by atoms with Gasteiger partial charge in [0.05, 0.1) is 11.2 Å². The fourth-order valence-electron chi connectivity index (χ4n) is 1.41. The number of hydrogen-bond acceptors (Lipinski definition) is 2. The van der Waals surface area contributed by atoms with Gasteiger partial charge in [0.25, 0.3) is 0 Å². The normalized spacial score (nSPS) is 12.8. The summed E-state index contributed by atoms with van der Waals surface area (Å²) >= 11 is 5.97. The zero-order valence-electron chi connectivity index (χ0n) is 9.46. The number of aryl methyl sites for hydroxylation is 1. The van der Waals surface area contributed by atoms with Crippen LogP contribution >= 0.6 is 11.6 Å². The molecule has 4 heteroatoms. The Labute approximate surface area is 95.4 Å². The van der Waals surface area contributed by atoms with Crippen molar-refractivity contribution in [3.05, 3.63) is 16.9 Å². The first kappa shape index (κ1) is 12.2. The van der Waals surface area contributed by atoms with E-state index in [2.05, 4.69) is 5.10 Å². The van der Waals surface area contributed by atoms with E-state index >= 15 is 0 Å². The third-order valence-electron chi connectivity index (χ3n) is 2.52. The molecular formula is C11H17ClN2O. The molecule has 1 heterocycles. The van der Waals surface area contributed by atoms with Crippen LogP contribution in [0.1, 0.15) is 44.1 Å². The van der Waals surface area contributed by atoms with Crippen LogP contribution in [0.5, 0.6) is 0 Å². The van der Waals surface area contributed by atoms with Crippen LogP contribution in [0, 0.1) is 5.92 Å². The first-order valence-corrected chi connectivity index (χ1v) is 5.75. The van der Waals surface area contributed by atoms with Crippen molar-refractivity contribution >= 4 is 17.4 Å². The lowest BCUT2D eigenvalue weighted by Crippen LogP contribution is -2.17. The zero-order valence-corrected chi connectivity index (χ0v) is 10.2.